The maximum Gasteiger partial charge on any atom is 0.266 e. The van der Waals surface area contributed by atoms with Crippen LogP contribution in [0.4, 0.5) is 5.13 Å². The average molecular weight is 388 g/mol. The zero-order chi connectivity index (χ0) is 18.7. The van der Waals surface area contributed by atoms with Crippen molar-refractivity contribution in [1.29, 1.82) is 0 Å². The molecule has 1 N–H and O–H groups in total. The lowest BCUT2D eigenvalue weighted by atomic mass is 10.1. The first-order valence-corrected chi connectivity index (χ1v) is 9.26. The first-order chi connectivity index (χ1) is 12.4. The van der Waals surface area contributed by atoms with Gasteiger partial charge in [-0.1, -0.05) is 47.2 Å². The normalized spacial score (nSPS) is 11.8. The van der Waals surface area contributed by atoms with Crippen molar-refractivity contribution in [2.45, 2.75) is 26.9 Å². The van der Waals surface area contributed by atoms with E-state index in [0.717, 1.165) is 16.7 Å². The highest BCUT2D eigenvalue weighted by Crippen LogP contribution is 2.27. The van der Waals surface area contributed by atoms with Crippen LogP contribution in [0, 0.1) is 13.8 Å². The van der Waals surface area contributed by atoms with Gasteiger partial charge in [0.2, 0.25) is 5.13 Å². The minimum atomic E-state index is -0.654. The molecule has 0 aliphatic heterocycles. The number of hydrogen-bond donors (Lipinski definition) is 1. The number of anilines is 1. The summed E-state index contributed by atoms with van der Waals surface area (Å²) < 4.78 is 5.79. The van der Waals surface area contributed by atoms with Gasteiger partial charge >= 0.3 is 0 Å². The summed E-state index contributed by atoms with van der Waals surface area (Å²) in [7, 11) is 0. The number of aromatic nitrogens is 2. The van der Waals surface area contributed by atoms with Crippen LogP contribution in [0.15, 0.2) is 42.5 Å². The number of nitrogens with one attached hydrogen (secondary N) is 1. The molecule has 0 bridgehead atoms. The number of amides is 1. The van der Waals surface area contributed by atoms with Gasteiger partial charge in [-0.15, -0.1) is 10.2 Å². The number of nitrogens with zero attached hydrogens (tertiary/aromatic N) is 2. The Morgan fingerprint density at radius 1 is 1.15 bits per heavy atom. The monoisotopic (exact) mass is 387 g/mol. The molecule has 1 amide bonds. The number of halogens is 1. The Kier molecular flexibility index (Phi) is 5.54. The van der Waals surface area contributed by atoms with Crippen molar-refractivity contribution in [3.8, 4) is 16.3 Å². The Morgan fingerprint density at radius 3 is 2.62 bits per heavy atom. The molecule has 3 aromatic rings. The van der Waals surface area contributed by atoms with Crippen LogP contribution in [-0.2, 0) is 4.79 Å². The van der Waals surface area contributed by atoms with Crippen molar-refractivity contribution in [3.05, 3.63) is 58.6 Å². The molecule has 134 valence electrons. The Labute approximate surface area is 161 Å². The van der Waals surface area contributed by atoms with E-state index in [-0.39, 0.29) is 5.91 Å². The molecule has 1 aromatic heterocycles. The summed E-state index contributed by atoms with van der Waals surface area (Å²) in [5, 5.41) is 12.7. The lowest BCUT2D eigenvalue weighted by Crippen LogP contribution is -2.30. The molecule has 0 saturated heterocycles. The Morgan fingerprint density at radius 2 is 1.88 bits per heavy atom. The number of carbonyl (C=O) groups excluding carboxylic acids is 1. The molecule has 0 radical (unpaired) electrons. The summed E-state index contributed by atoms with van der Waals surface area (Å²) in [5.41, 5.74) is 3.03. The molecule has 1 heterocycles. The van der Waals surface area contributed by atoms with E-state index in [1.54, 1.807) is 19.1 Å². The molecule has 0 aliphatic carbocycles. The summed E-state index contributed by atoms with van der Waals surface area (Å²) in [6.45, 7) is 5.68. The molecule has 0 fully saturated rings. The summed E-state index contributed by atoms with van der Waals surface area (Å²) in [5.74, 6) is 0.427. The van der Waals surface area contributed by atoms with E-state index in [9.17, 15) is 4.79 Å². The number of ether oxygens (including phenoxy) is 1. The van der Waals surface area contributed by atoms with E-state index in [0.29, 0.717) is 20.9 Å². The average Bonchev–Trinajstić information content (AvgIpc) is 3.08. The van der Waals surface area contributed by atoms with Crippen molar-refractivity contribution in [1.82, 2.24) is 10.2 Å². The molecule has 0 unspecified atom stereocenters. The Bertz CT molecular complexity index is 925. The lowest BCUT2D eigenvalue weighted by Gasteiger charge is -2.16. The summed E-state index contributed by atoms with van der Waals surface area (Å²) in [6, 6.07) is 13.1. The second-order valence-electron chi connectivity index (χ2n) is 5.87. The van der Waals surface area contributed by atoms with Gasteiger partial charge in [-0.05, 0) is 50.1 Å². The van der Waals surface area contributed by atoms with Crippen LogP contribution in [0.1, 0.15) is 18.1 Å². The summed E-state index contributed by atoms with van der Waals surface area (Å²) in [6.07, 6.45) is -0.654. The largest absolute Gasteiger partial charge is 0.481 e. The molecule has 7 heteroatoms. The zero-order valence-corrected chi connectivity index (χ0v) is 16.2. The second kappa shape index (κ2) is 7.85. The second-order valence-corrected chi connectivity index (χ2v) is 7.28. The maximum atomic E-state index is 12.4. The van der Waals surface area contributed by atoms with Gasteiger partial charge in [0.15, 0.2) is 6.10 Å². The predicted molar refractivity (Wildman–Crippen MR) is 105 cm³/mol. The van der Waals surface area contributed by atoms with Gasteiger partial charge in [0.25, 0.3) is 5.91 Å². The quantitative estimate of drug-likeness (QED) is 0.677. The van der Waals surface area contributed by atoms with Gasteiger partial charge in [0, 0.05) is 10.6 Å². The van der Waals surface area contributed by atoms with E-state index in [1.807, 2.05) is 44.2 Å². The van der Waals surface area contributed by atoms with Crippen molar-refractivity contribution in [3.63, 3.8) is 0 Å². The van der Waals surface area contributed by atoms with E-state index in [4.69, 9.17) is 16.3 Å². The minimum Gasteiger partial charge on any atom is -0.481 e. The van der Waals surface area contributed by atoms with E-state index in [2.05, 4.69) is 15.5 Å². The fourth-order valence-electron chi connectivity index (χ4n) is 2.29. The highest BCUT2D eigenvalue weighted by Gasteiger charge is 2.18. The van der Waals surface area contributed by atoms with Crippen molar-refractivity contribution in [2.75, 3.05) is 5.32 Å². The number of rotatable bonds is 5. The first kappa shape index (κ1) is 18.4. The molecule has 5 nitrogen and oxygen atoms in total. The smallest absolute Gasteiger partial charge is 0.266 e. The van der Waals surface area contributed by atoms with Gasteiger partial charge in [-0.3, -0.25) is 10.1 Å². The van der Waals surface area contributed by atoms with E-state index < -0.39 is 6.10 Å². The standard InChI is InChI=1S/C19H18ClN3O2S/c1-11-5-4-6-16(12(11)2)25-13(3)17(24)21-19-23-22-18(26-19)14-7-9-15(20)10-8-14/h4-10,13H,1-3H3,(H,21,23,24)/t13-/m1/s1. The van der Waals surface area contributed by atoms with Crippen molar-refractivity contribution >= 4 is 34.0 Å². The fourth-order valence-corrected chi connectivity index (χ4v) is 3.16. The first-order valence-electron chi connectivity index (χ1n) is 8.07. The van der Waals surface area contributed by atoms with E-state index in [1.165, 1.54) is 11.3 Å². The highest BCUT2D eigenvalue weighted by atomic mass is 35.5. The molecule has 0 spiro atoms. The third kappa shape index (κ3) is 4.20. The Balaban J connectivity index is 1.66. The molecule has 0 saturated carbocycles. The van der Waals surface area contributed by atoms with Gasteiger partial charge in [0.05, 0.1) is 0 Å². The zero-order valence-electron chi connectivity index (χ0n) is 14.6. The number of benzene rings is 2. The molecule has 0 aliphatic rings. The highest BCUT2D eigenvalue weighted by molar-refractivity contribution is 7.18. The van der Waals surface area contributed by atoms with Crippen LogP contribution in [0.2, 0.25) is 5.02 Å². The predicted octanol–water partition coefficient (Wildman–Crippen LogP) is 4.88. The van der Waals surface area contributed by atoms with Crippen molar-refractivity contribution < 1.29 is 9.53 Å². The summed E-state index contributed by atoms with van der Waals surface area (Å²) >= 11 is 7.19. The molecule has 1 atom stereocenters. The van der Waals surface area contributed by atoms with Crippen molar-refractivity contribution in [2.24, 2.45) is 0 Å². The van der Waals surface area contributed by atoms with Crippen LogP contribution in [0.5, 0.6) is 5.75 Å². The van der Waals surface area contributed by atoms with Crippen LogP contribution in [0.3, 0.4) is 0 Å². The third-order valence-corrected chi connectivity index (χ3v) is 5.11. The van der Waals surface area contributed by atoms with Gasteiger partial charge in [0.1, 0.15) is 10.8 Å². The minimum absolute atomic E-state index is 0.273. The maximum absolute atomic E-state index is 12.4. The molecule has 3 rings (SSSR count). The molecule has 2 aromatic carbocycles. The number of aryl methyl sites for hydroxylation is 1. The molecular weight excluding hydrogens is 370 g/mol. The number of carbonyl (C=O) groups is 1. The van der Waals surface area contributed by atoms with Crippen LogP contribution < -0.4 is 10.1 Å². The Hall–Kier alpha value is -2.44. The van der Waals surface area contributed by atoms with Crippen LogP contribution >= 0.6 is 22.9 Å². The SMILES string of the molecule is Cc1cccc(O[C@H](C)C(=O)Nc2nnc(-c3ccc(Cl)cc3)s2)c1C. The third-order valence-electron chi connectivity index (χ3n) is 3.97. The van der Waals surface area contributed by atoms with Crippen LogP contribution in [0.25, 0.3) is 10.6 Å². The lowest BCUT2D eigenvalue weighted by molar-refractivity contribution is -0.122. The number of hydrogen-bond acceptors (Lipinski definition) is 5. The van der Waals surface area contributed by atoms with Gasteiger partial charge in [-0.2, -0.15) is 0 Å². The van der Waals surface area contributed by atoms with Crippen LogP contribution in [-0.4, -0.2) is 22.2 Å². The summed E-state index contributed by atoms with van der Waals surface area (Å²) in [4.78, 5) is 12.4. The van der Waals surface area contributed by atoms with Gasteiger partial charge in [-0.25, -0.2) is 0 Å². The van der Waals surface area contributed by atoms with Gasteiger partial charge < -0.3 is 4.74 Å². The topological polar surface area (TPSA) is 64.1 Å². The molecule has 26 heavy (non-hydrogen) atoms. The fraction of sp³-hybridized carbons (Fsp3) is 0.211. The van der Waals surface area contributed by atoms with E-state index >= 15 is 0 Å². The molecular formula is C19H18ClN3O2S.